The van der Waals surface area contributed by atoms with Crippen LogP contribution in [0.3, 0.4) is 0 Å². The van der Waals surface area contributed by atoms with E-state index in [1.54, 1.807) is 25.1 Å². The Morgan fingerprint density at radius 2 is 1.89 bits per heavy atom. The molecule has 1 heterocycles. The van der Waals surface area contributed by atoms with Gasteiger partial charge in [-0.2, -0.15) is 5.10 Å². The van der Waals surface area contributed by atoms with Gasteiger partial charge in [-0.15, -0.1) is 0 Å². The van der Waals surface area contributed by atoms with E-state index in [9.17, 15) is 25.0 Å². The van der Waals surface area contributed by atoms with E-state index >= 15 is 0 Å². The van der Waals surface area contributed by atoms with Gasteiger partial charge in [-0.3, -0.25) is 25.0 Å². The van der Waals surface area contributed by atoms with Gasteiger partial charge in [-0.1, -0.05) is 24.3 Å². The quantitative estimate of drug-likeness (QED) is 0.404. The second kappa shape index (κ2) is 7.04. The second-order valence-corrected chi connectivity index (χ2v) is 5.63. The van der Waals surface area contributed by atoms with Crippen LogP contribution in [0.15, 0.2) is 47.6 Å². The highest BCUT2D eigenvalue weighted by Gasteiger charge is 2.20. The number of hydrazone groups is 1. The Labute approximate surface area is 151 Å². The molecule has 0 unspecified atom stereocenters. The first-order chi connectivity index (χ1) is 12.9. The summed E-state index contributed by atoms with van der Waals surface area (Å²) in [5, 5.41) is 26.2. The highest BCUT2D eigenvalue weighted by Crippen LogP contribution is 2.29. The zero-order chi connectivity index (χ0) is 19.6. The zero-order valence-electron chi connectivity index (χ0n) is 14.0. The minimum atomic E-state index is -0.584. The number of hydrogen-bond donors (Lipinski definition) is 2. The molecule has 0 saturated carbocycles. The highest BCUT2D eigenvalue weighted by atomic mass is 16.6. The average Bonchev–Trinajstić information content (AvgIpc) is 2.98. The molecule has 10 heteroatoms. The Balaban J connectivity index is 1.83. The van der Waals surface area contributed by atoms with Gasteiger partial charge in [0, 0.05) is 29.1 Å². The largest absolute Gasteiger partial charge is 0.345 e. The lowest BCUT2D eigenvalue weighted by Crippen LogP contribution is -2.19. The van der Waals surface area contributed by atoms with E-state index in [-0.39, 0.29) is 22.6 Å². The molecule has 1 aromatic heterocycles. The third-order valence-corrected chi connectivity index (χ3v) is 3.96. The summed E-state index contributed by atoms with van der Waals surface area (Å²) < 4.78 is 0. The fourth-order valence-electron chi connectivity index (χ4n) is 2.66. The number of rotatable bonds is 5. The summed E-state index contributed by atoms with van der Waals surface area (Å²) in [5.41, 5.74) is 3.48. The summed E-state index contributed by atoms with van der Waals surface area (Å²) >= 11 is 0. The monoisotopic (exact) mass is 367 g/mol. The number of non-ortho nitro benzene ring substituents is 2. The van der Waals surface area contributed by atoms with Crippen LogP contribution in [0.1, 0.15) is 21.6 Å². The summed E-state index contributed by atoms with van der Waals surface area (Å²) in [6.45, 7) is 1.67. The maximum atomic E-state index is 12.3. The van der Waals surface area contributed by atoms with Crippen LogP contribution in [-0.2, 0) is 0 Å². The van der Waals surface area contributed by atoms with Gasteiger partial charge in [0.2, 0.25) is 0 Å². The van der Waals surface area contributed by atoms with Crippen molar-refractivity contribution in [3.8, 4) is 0 Å². The van der Waals surface area contributed by atoms with Crippen molar-refractivity contribution in [1.29, 1.82) is 0 Å². The molecule has 0 atom stereocenters. The Bertz CT molecular complexity index is 1100. The molecule has 2 aromatic carbocycles. The molecule has 0 aliphatic carbocycles. The van der Waals surface area contributed by atoms with Gasteiger partial charge in [0.05, 0.1) is 16.1 Å². The van der Waals surface area contributed by atoms with Gasteiger partial charge >= 0.3 is 0 Å². The predicted molar refractivity (Wildman–Crippen MR) is 97.8 cm³/mol. The van der Waals surface area contributed by atoms with Crippen molar-refractivity contribution < 1.29 is 14.6 Å². The Kier molecular flexibility index (Phi) is 4.62. The first-order valence-corrected chi connectivity index (χ1v) is 7.72. The van der Waals surface area contributed by atoms with Crippen molar-refractivity contribution in [3.05, 3.63) is 79.5 Å². The van der Waals surface area contributed by atoms with Crippen LogP contribution in [0.4, 0.5) is 11.4 Å². The molecule has 136 valence electrons. The Morgan fingerprint density at radius 3 is 2.59 bits per heavy atom. The van der Waals surface area contributed by atoms with E-state index in [1.807, 2.05) is 0 Å². The minimum Gasteiger partial charge on any atom is -0.345 e. The molecule has 0 fully saturated rings. The number of benzene rings is 2. The molecule has 3 aromatic rings. The van der Waals surface area contributed by atoms with Crippen LogP contribution in [0, 0.1) is 27.2 Å². The fourth-order valence-corrected chi connectivity index (χ4v) is 2.66. The number of para-hydroxylation sites is 1. The predicted octanol–water partition coefficient (Wildman–Crippen LogP) is 3.06. The Morgan fingerprint density at radius 1 is 1.15 bits per heavy atom. The third kappa shape index (κ3) is 3.49. The van der Waals surface area contributed by atoms with Gasteiger partial charge in [0.25, 0.3) is 17.3 Å². The van der Waals surface area contributed by atoms with Gasteiger partial charge in [0.15, 0.2) is 0 Å². The van der Waals surface area contributed by atoms with Crippen LogP contribution >= 0.6 is 0 Å². The first-order valence-electron chi connectivity index (χ1n) is 7.72. The lowest BCUT2D eigenvalue weighted by Gasteiger charge is -1.99. The topological polar surface area (TPSA) is 144 Å². The number of aromatic nitrogens is 1. The number of nitro groups is 2. The maximum absolute atomic E-state index is 12.3. The number of fused-ring (bicyclic) bond motifs is 1. The smallest absolute Gasteiger partial charge is 0.293 e. The van der Waals surface area contributed by atoms with Crippen LogP contribution in [0.2, 0.25) is 0 Å². The number of carbonyl (C=O) groups is 1. The van der Waals surface area contributed by atoms with Gasteiger partial charge in [0.1, 0.15) is 11.2 Å². The molecule has 0 spiro atoms. The molecule has 3 rings (SSSR count). The van der Waals surface area contributed by atoms with Crippen molar-refractivity contribution in [2.45, 2.75) is 6.92 Å². The molecule has 0 aliphatic heterocycles. The molecule has 0 radical (unpaired) electrons. The second-order valence-electron chi connectivity index (χ2n) is 5.63. The molecular weight excluding hydrogens is 354 g/mol. The number of nitrogens with zero attached hydrogens (tertiary/aromatic N) is 3. The van der Waals surface area contributed by atoms with Crippen molar-refractivity contribution in [3.63, 3.8) is 0 Å². The maximum Gasteiger partial charge on any atom is 0.293 e. The molecule has 1 amide bonds. The minimum absolute atomic E-state index is 0.0935. The normalized spacial score (nSPS) is 11.0. The number of H-pyrrole nitrogens is 1. The van der Waals surface area contributed by atoms with E-state index in [2.05, 4.69) is 15.5 Å². The number of carbonyl (C=O) groups excluding carboxylic acids is 1. The summed E-state index contributed by atoms with van der Waals surface area (Å²) in [6.07, 6.45) is 1.27. The van der Waals surface area contributed by atoms with E-state index in [4.69, 9.17) is 0 Å². The SMILES string of the molecule is Cc1c(C(=O)N/N=C/c2cccc([N+](=O)[O-])c2)[nH]c2c([N+](=O)[O-])cccc12. The molecule has 0 aliphatic rings. The number of aryl methyl sites for hydroxylation is 1. The molecule has 2 N–H and O–H groups in total. The summed E-state index contributed by atoms with van der Waals surface area (Å²) in [7, 11) is 0. The summed E-state index contributed by atoms with van der Waals surface area (Å²) in [4.78, 5) is 35.9. The van der Waals surface area contributed by atoms with Gasteiger partial charge in [-0.25, -0.2) is 5.43 Å². The van der Waals surface area contributed by atoms with Crippen LogP contribution in [-0.4, -0.2) is 27.0 Å². The van der Waals surface area contributed by atoms with Gasteiger partial charge < -0.3 is 4.98 Å². The number of hydrogen-bond acceptors (Lipinski definition) is 6. The van der Waals surface area contributed by atoms with Crippen molar-refractivity contribution >= 4 is 34.4 Å². The fraction of sp³-hybridized carbons (Fsp3) is 0.0588. The van der Waals surface area contributed by atoms with Crippen LogP contribution < -0.4 is 5.43 Å². The van der Waals surface area contributed by atoms with E-state index in [0.717, 1.165) is 0 Å². The molecule has 0 saturated heterocycles. The summed E-state index contributed by atoms with van der Waals surface area (Å²) in [6, 6.07) is 10.3. The van der Waals surface area contributed by atoms with E-state index in [0.29, 0.717) is 16.5 Å². The standard InChI is InChI=1S/C17H13N5O5/c1-10-13-6-3-7-14(22(26)27)16(13)19-15(10)17(23)20-18-9-11-4-2-5-12(8-11)21(24)25/h2-9,19H,1H3,(H,20,23)/b18-9+. The van der Waals surface area contributed by atoms with Crippen molar-refractivity contribution in [2.75, 3.05) is 0 Å². The highest BCUT2D eigenvalue weighted by molar-refractivity contribution is 6.03. The van der Waals surface area contributed by atoms with Gasteiger partial charge in [-0.05, 0) is 12.5 Å². The first kappa shape index (κ1) is 17.7. The third-order valence-electron chi connectivity index (χ3n) is 3.96. The lowest BCUT2D eigenvalue weighted by molar-refractivity contribution is -0.384. The van der Waals surface area contributed by atoms with E-state index in [1.165, 1.54) is 30.5 Å². The number of aromatic amines is 1. The lowest BCUT2D eigenvalue weighted by atomic mass is 10.1. The van der Waals surface area contributed by atoms with Crippen LogP contribution in [0.5, 0.6) is 0 Å². The van der Waals surface area contributed by atoms with Crippen LogP contribution in [0.25, 0.3) is 10.9 Å². The number of nitrogens with one attached hydrogen (secondary N) is 2. The average molecular weight is 367 g/mol. The zero-order valence-corrected chi connectivity index (χ0v) is 14.0. The van der Waals surface area contributed by atoms with E-state index < -0.39 is 15.8 Å². The molecular formula is C17H13N5O5. The Hall–Kier alpha value is -4.08. The molecule has 10 nitrogen and oxygen atoms in total. The molecule has 27 heavy (non-hydrogen) atoms. The molecule has 0 bridgehead atoms. The summed E-state index contributed by atoms with van der Waals surface area (Å²) in [5.74, 6) is -0.584. The number of amides is 1. The number of nitro benzene ring substituents is 2. The van der Waals surface area contributed by atoms with Crippen molar-refractivity contribution in [2.24, 2.45) is 5.10 Å². The van der Waals surface area contributed by atoms with Crippen molar-refractivity contribution in [1.82, 2.24) is 10.4 Å².